The Morgan fingerprint density at radius 3 is 2.50 bits per heavy atom. The van der Waals surface area contributed by atoms with Crippen LogP contribution in [-0.2, 0) is 17.9 Å². The number of nitrogens with one attached hydrogen (secondary N) is 1. The third-order valence-electron chi connectivity index (χ3n) is 4.68. The molecule has 0 radical (unpaired) electrons. The lowest BCUT2D eigenvalue weighted by Gasteiger charge is -2.14. The molecule has 0 bridgehead atoms. The summed E-state index contributed by atoms with van der Waals surface area (Å²) in [5.74, 6) is -0.0235. The first-order valence-corrected chi connectivity index (χ1v) is 8.22. The van der Waals surface area contributed by atoms with Crippen LogP contribution in [0.25, 0.3) is 21.9 Å². The lowest BCUT2D eigenvalue weighted by atomic mass is 9.92. The average molecular weight is 316 g/mol. The number of nitrogens with zero attached hydrogens (tertiary/aromatic N) is 1. The van der Waals surface area contributed by atoms with Crippen LogP contribution in [0.15, 0.2) is 54.6 Å². The zero-order chi connectivity index (χ0) is 16.7. The molecule has 0 unspecified atom stereocenters. The van der Waals surface area contributed by atoms with Crippen LogP contribution in [0, 0.1) is 0 Å². The normalized spacial score (nSPS) is 13.9. The first-order chi connectivity index (χ1) is 11.6. The maximum absolute atomic E-state index is 11.5. The predicted octanol–water partition coefficient (Wildman–Crippen LogP) is 4.41. The van der Waals surface area contributed by atoms with Crippen molar-refractivity contribution in [1.82, 2.24) is 4.90 Å². The second-order valence-corrected chi connectivity index (χ2v) is 6.50. The number of anilines is 1. The molecule has 120 valence electrons. The lowest BCUT2D eigenvalue weighted by Crippen LogP contribution is -2.10. The van der Waals surface area contributed by atoms with Gasteiger partial charge in [0.1, 0.15) is 0 Å². The molecule has 4 rings (SSSR count). The number of benzene rings is 3. The Balaban J connectivity index is 1.93. The van der Waals surface area contributed by atoms with Crippen LogP contribution in [0.5, 0.6) is 0 Å². The molecule has 0 aromatic heterocycles. The van der Waals surface area contributed by atoms with Crippen molar-refractivity contribution in [3.8, 4) is 11.1 Å². The molecule has 0 fully saturated rings. The van der Waals surface area contributed by atoms with Gasteiger partial charge < -0.3 is 5.32 Å². The van der Waals surface area contributed by atoms with Gasteiger partial charge in [0, 0.05) is 25.7 Å². The van der Waals surface area contributed by atoms with E-state index in [1.807, 2.05) is 6.07 Å². The zero-order valence-corrected chi connectivity index (χ0v) is 14.0. The van der Waals surface area contributed by atoms with Gasteiger partial charge in [0.05, 0.1) is 0 Å². The number of hydrogen-bond acceptors (Lipinski definition) is 2. The Hall–Kier alpha value is -2.65. The first kappa shape index (κ1) is 14.9. The minimum Gasteiger partial charge on any atom is -0.326 e. The minimum atomic E-state index is -0.0235. The largest absolute Gasteiger partial charge is 0.326 e. The second-order valence-electron chi connectivity index (χ2n) is 6.50. The molecule has 0 aliphatic carbocycles. The summed E-state index contributed by atoms with van der Waals surface area (Å²) >= 11 is 0. The summed E-state index contributed by atoms with van der Waals surface area (Å²) in [7, 11) is 2.12. The van der Waals surface area contributed by atoms with Gasteiger partial charge in [0.25, 0.3) is 0 Å². The van der Waals surface area contributed by atoms with Crippen LogP contribution in [-0.4, -0.2) is 17.9 Å². The van der Waals surface area contributed by atoms with Gasteiger partial charge in [-0.3, -0.25) is 9.69 Å². The van der Waals surface area contributed by atoms with Gasteiger partial charge in [-0.1, -0.05) is 48.5 Å². The van der Waals surface area contributed by atoms with Crippen molar-refractivity contribution < 1.29 is 4.79 Å². The van der Waals surface area contributed by atoms with Crippen LogP contribution in [0.1, 0.15) is 18.1 Å². The summed E-state index contributed by atoms with van der Waals surface area (Å²) in [6.07, 6.45) is 0. The van der Waals surface area contributed by atoms with E-state index in [1.54, 1.807) is 6.92 Å². The summed E-state index contributed by atoms with van der Waals surface area (Å²) < 4.78 is 0. The van der Waals surface area contributed by atoms with Crippen molar-refractivity contribution >= 4 is 22.4 Å². The van der Waals surface area contributed by atoms with Crippen molar-refractivity contribution in [1.29, 1.82) is 0 Å². The fourth-order valence-corrected chi connectivity index (χ4v) is 3.67. The van der Waals surface area contributed by atoms with E-state index < -0.39 is 0 Å². The van der Waals surface area contributed by atoms with Crippen molar-refractivity contribution in [3.05, 3.63) is 65.7 Å². The molecule has 0 saturated heterocycles. The van der Waals surface area contributed by atoms with E-state index in [4.69, 9.17) is 0 Å². The van der Waals surface area contributed by atoms with E-state index in [0.29, 0.717) is 0 Å². The minimum absolute atomic E-state index is 0.0235. The molecule has 1 aliphatic rings. The average Bonchev–Trinajstić information content (AvgIpc) is 2.96. The monoisotopic (exact) mass is 316 g/mol. The SMILES string of the molecule is CC(=O)Nc1ccc(-c2cccc3ccccc23)c2c1CN(C)C2. The maximum atomic E-state index is 11.5. The second kappa shape index (κ2) is 5.77. The Morgan fingerprint density at radius 2 is 1.67 bits per heavy atom. The highest BCUT2D eigenvalue weighted by molar-refractivity contribution is 5.98. The van der Waals surface area contributed by atoms with Gasteiger partial charge in [0.2, 0.25) is 5.91 Å². The zero-order valence-electron chi connectivity index (χ0n) is 14.0. The standard InChI is InChI=1S/C21H20N2O/c1-14(24)22-21-11-10-18(19-12-23(2)13-20(19)21)17-9-5-7-15-6-3-4-8-16(15)17/h3-11H,12-13H2,1-2H3,(H,22,24). The fourth-order valence-electron chi connectivity index (χ4n) is 3.67. The number of carbonyl (C=O) groups excluding carboxylic acids is 1. The lowest BCUT2D eigenvalue weighted by molar-refractivity contribution is -0.114. The fraction of sp³-hybridized carbons (Fsp3) is 0.190. The predicted molar refractivity (Wildman–Crippen MR) is 98.9 cm³/mol. The molecule has 0 spiro atoms. The van der Waals surface area contributed by atoms with Gasteiger partial charge in [-0.05, 0) is 46.1 Å². The van der Waals surface area contributed by atoms with Crippen LogP contribution >= 0.6 is 0 Å². The Morgan fingerprint density at radius 1 is 0.917 bits per heavy atom. The molecular formula is C21H20N2O. The summed E-state index contributed by atoms with van der Waals surface area (Å²) in [4.78, 5) is 13.8. The van der Waals surface area contributed by atoms with E-state index in [1.165, 1.54) is 33.0 Å². The van der Waals surface area contributed by atoms with Crippen LogP contribution in [0.3, 0.4) is 0 Å². The van der Waals surface area contributed by atoms with Gasteiger partial charge in [0.15, 0.2) is 0 Å². The van der Waals surface area contributed by atoms with Gasteiger partial charge in [-0.15, -0.1) is 0 Å². The van der Waals surface area contributed by atoms with Crippen molar-refractivity contribution in [3.63, 3.8) is 0 Å². The number of carbonyl (C=O) groups is 1. The van der Waals surface area contributed by atoms with Gasteiger partial charge >= 0.3 is 0 Å². The molecule has 3 nitrogen and oxygen atoms in total. The number of amides is 1. The molecule has 1 aliphatic heterocycles. The van der Waals surface area contributed by atoms with Crippen LogP contribution < -0.4 is 5.32 Å². The summed E-state index contributed by atoms with van der Waals surface area (Å²) in [5, 5.41) is 5.49. The number of fused-ring (bicyclic) bond motifs is 2. The highest BCUT2D eigenvalue weighted by atomic mass is 16.1. The third-order valence-corrected chi connectivity index (χ3v) is 4.68. The summed E-state index contributed by atoms with van der Waals surface area (Å²) in [5.41, 5.74) is 6.01. The van der Waals surface area contributed by atoms with E-state index in [0.717, 1.165) is 18.8 Å². The Bertz CT molecular complexity index is 940. The highest BCUT2D eigenvalue weighted by Gasteiger charge is 2.23. The Kier molecular flexibility index (Phi) is 3.58. The molecule has 3 aromatic carbocycles. The van der Waals surface area contributed by atoms with Crippen LogP contribution in [0.2, 0.25) is 0 Å². The molecule has 1 N–H and O–H groups in total. The number of hydrogen-bond donors (Lipinski definition) is 1. The summed E-state index contributed by atoms with van der Waals surface area (Å²) in [6, 6.07) is 19.1. The van der Waals surface area contributed by atoms with Crippen molar-refractivity contribution in [2.45, 2.75) is 20.0 Å². The van der Waals surface area contributed by atoms with Gasteiger partial charge in [-0.2, -0.15) is 0 Å². The molecule has 3 heteroatoms. The molecule has 1 amide bonds. The smallest absolute Gasteiger partial charge is 0.221 e. The number of rotatable bonds is 2. The molecular weight excluding hydrogens is 296 g/mol. The molecule has 1 heterocycles. The third kappa shape index (κ3) is 2.47. The molecule has 0 saturated carbocycles. The quantitative estimate of drug-likeness (QED) is 0.759. The van der Waals surface area contributed by atoms with E-state index in [-0.39, 0.29) is 5.91 Å². The van der Waals surface area contributed by atoms with E-state index in [2.05, 4.69) is 65.8 Å². The topological polar surface area (TPSA) is 32.3 Å². The molecule has 24 heavy (non-hydrogen) atoms. The van der Waals surface area contributed by atoms with Crippen molar-refractivity contribution in [2.24, 2.45) is 0 Å². The summed E-state index contributed by atoms with van der Waals surface area (Å²) in [6.45, 7) is 3.33. The van der Waals surface area contributed by atoms with Crippen LogP contribution in [0.4, 0.5) is 5.69 Å². The highest BCUT2D eigenvalue weighted by Crippen LogP contribution is 2.39. The first-order valence-electron chi connectivity index (χ1n) is 8.22. The molecule has 0 atom stereocenters. The Labute approximate surface area is 141 Å². The van der Waals surface area contributed by atoms with E-state index >= 15 is 0 Å². The van der Waals surface area contributed by atoms with Crippen molar-refractivity contribution in [2.75, 3.05) is 12.4 Å². The van der Waals surface area contributed by atoms with Gasteiger partial charge in [-0.25, -0.2) is 0 Å². The molecule has 3 aromatic rings. The van der Waals surface area contributed by atoms with E-state index in [9.17, 15) is 4.79 Å². The maximum Gasteiger partial charge on any atom is 0.221 e.